The maximum atomic E-state index is 12.7. The molecule has 0 fully saturated rings. The van der Waals surface area contributed by atoms with Gasteiger partial charge < -0.3 is 9.84 Å². The van der Waals surface area contributed by atoms with Gasteiger partial charge in [0.05, 0.1) is 18.4 Å². The van der Waals surface area contributed by atoms with Crippen molar-refractivity contribution in [3.63, 3.8) is 0 Å². The third kappa shape index (κ3) is 6.03. The second kappa shape index (κ2) is 9.76. The van der Waals surface area contributed by atoms with Crippen LogP contribution in [0.1, 0.15) is 25.0 Å². The van der Waals surface area contributed by atoms with E-state index in [0.29, 0.717) is 19.4 Å². The Bertz CT molecular complexity index is 695. The first-order chi connectivity index (χ1) is 12.5. The first-order valence-corrected chi connectivity index (χ1v) is 8.94. The first-order valence-electron chi connectivity index (χ1n) is 8.94. The van der Waals surface area contributed by atoms with Crippen molar-refractivity contribution >= 4 is 11.9 Å². The number of aliphatic carboxylic acids is 1. The van der Waals surface area contributed by atoms with E-state index >= 15 is 0 Å². The molecule has 0 spiro atoms. The molecule has 2 aromatic carbocycles. The normalized spacial score (nSPS) is 13.2. The molecule has 4 nitrogen and oxygen atoms in total. The molecule has 0 aromatic heterocycles. The minimum atomic E-state index is -0.976. The van der Waals surface area contributed by atoms with Crippen molar-refractivity contribution in [2.24, 2.45) is 17.8 Å². The summed E-state index contributed by atoms with van der Waals surface area (Å²) < 4.78 is 5.40. The van der Waals surface area contributed by atoms with Crippen molar-refractivity contribution in [2.45, 2.75) is 26.7 Å². The summed E-state index contributed by atoms with van der Waals surface area (Å²) in [6.07, 6.45) is 0.645. The van der Waals surface area contributed by atoms with Crippen LogP contribution in [0.3, 0.4) is 0 Å². The topological polar surface area (TPSA) is 63.6 Å². The molecule has 0 bridgehead atoms. The number of hydrogen-bond donors (Lipinski definition) is 1. The molecule has 4 heteroatoms. The molecule has 0 saturated carbocycles. The van der Waals surface area contributed by atoms with Gasteiger partial charge in [0.15, 0.2) is 0 Å². The highest BCUT2D eigenvalue weighted by Crippen LogP contribution is 2.24. The first kappa shape index (κ1) is 19.7. The predicted octanol–water partition coefficient (Wildman–Crippen LogP) is 3.99. The zero-order valence-corrected chi connectivity index (χ0v) is 15.3. The van der Waals surface area contributed by atoms with Crippen LogP contribution < -0.4 is 0 Å². The Kier molecular flexibility index (Phi) is 7.39. The van der Waals surface area contributed by atoms with E-state index in [1.54, 1.807) is 0 Å². The van der Waals surface area contributed by atoms with Crippen molar-refractivity contribution in [2.75, 3.05) is 6.61 Å². The zero-order chi connectivity index (χ0) is 18.9. The Balaban J connectivity index is 2.25. The third-order valence-electron chi connectivity index (χ3n) is 4.26. The molecule has 0 amide bonds. The van der Waals surface area contributed by atoms with Gasteiger partial charge in [-0.2, -0.15) is 0 Å². The molecule has 0 aliphatic rings. The van der Waals surface area contributed by atoms with Crippen molar-refractivity contribution in [1.82, 2.24) is 0 Å². The Hall–Kier alpha value is -2.62. The van der Waals surface area contributed by atoms with Gasteiger partial charge in [-0.1, -0.05) is 74.5 Å². The van der Waals surface area contributed by atoms with Gasteiger partial charge in [0.2, 0.25) is 0 Å². The summed E-state index contributed by atoms with van der Waals surface area (Å²) in [4.78, 5) is 24.7. The largest absolute Gasteiger partial charge is 0.481 e. The molecule has 0 aliphatic carbocycles. The van der Waals surface area contributed by atoms with Crippen LogP contribution in [0.4, 0.5) is 0 Å². The smallest absolute Gasteiger partial charge is 0.310 e. The summed E-state index contributed by atoms with van der Waals surface area (Å²) in [7, 11) is 0. The Labute approximate surface area is 154 Å². The van der Waals surface area contributed by atoms with Crippen LogP contribution in [-0.2, 0) is 27.2 Å². The van der Waals surface area contributed by atoms with E-state index < -0.39 is 23.8 Å². The highest BCUT2D eigenvalue weighted by Gasteiger charge is 2.35. The third-order valence-corrected chi connectivity index (χ3v) is 4.26. The molecule has 2 aromatic rings. The fourth-order valence-corrected chi connectivity index (χ4v) is 2.88. The van der Waals surface area contributed by atoms with Crippen molar-refractivity contribution < 1.29 is 19.4 Å². The van der Waals surface area contributed by atoms with E-state index in [2.05, 4.69) is 0 Å². The van der Waals surface area contributed by atoms with Gasteiger partial charge in [-0.25, -0.2) is 0 Å². The molecule has 2 rings (SSSR count). The second-order valence-corrected chi connectivity index (χ2v) is 6.95. The number of carbonyl (C=O) groups is 2. The molecule has 2 atom stereocenters. The van der Waals surface area contributed by atoms with Crippen LogP contribution >= 0.6 is 0 Å². The average molecular weight is 354 g/mol. The molecule has 1 N–H and O–H groups in total. The van der Waals surface area contributed by atoms with E-state index in [0.717, 1.165) is 11.1 Å². The van der Waals surface area contributed by atoms with Gasteiger partial charge in [-0.3, -0.25) is 9.59 Å². The van der Waals surface area contributed by atoms with Gasteiger partial charge in [0.1, 0.15) is 0 Å². The Morgan fingerprint density at radius 3 is 1.73 bits per heavy atom. The molecule has 0 radical (unpaired) electrons. The molecule has 0 heterocycles. The number of carboxylic acids is 1. The highest BCUT2D eigenvalue weighted by atomic mass is 16.5. The number of ether oxygens (including phenoxy) is 1. The average Bonchev–Trinajstić information content (AvgIpc) is 2.64. The van der Waals surface area contributed by atoms with E-state index in [1.807, 2.05) is 74.5 Å². The molecular weight excluding hydrogens is 328 g/mol. The monoisotopic (exact) mass is 354 g/mol. The summed E-state index contributed by atoms with van der Waals surface area (Å²) in [5.41, 5.74) is 1.83. The van der Waals surface area contributed by atoms with Gasteiger partial charge in [-0.05, 0) is 29.9 Å². The second-order valence-electron chi connectivity index (χ2n) is 6.95. The van der Waals surface area contributed by atoms with Crippen molar-refractivity contribution in [3.05, 3.63) is 71.8 Å². The zero-order valence-electron chi connectivity index (χ0n) is 15.3. The van der Waals surface area contributed by atoms with Gasteiger partial charge in [0.25, 0.3) is 0 Å². The van der Waals surface area contributed by atoms with Crippen LogP contribution in [0.25, 0.3) is 0 Å². The predicted molar refractivity (Wildman–Crippen MR) is 101 cm³/mol. The van der Waals surface area contributed by atoms with Crippen LogP contribution in [0.5, 0.6) is 0 Å². The standard InChI is InChI=1S/C22H26O4/c1-16(2)15-26-22(25)20(14-18-11-7-4-8-12-18)19(21(23)24)13-17-9-5-3-6-10-17/h3-12,16,19-20H,13-15H2,1-2H3,(H,23,24)/t19-,20+/m0/s1. The van der Waals surface area contributed by atoms with Gasteiger partial charge in [0, 0.05) is 0 Å². The number of carboxylic acid groups (broad SMARTS) is 1. The highest BCUT2D eigenvalue weighted by molar-refractivity contribution is 5.81. The minimum Gasteiger partial charge on any atom is -0.481 e. The van der Waals surface area contributed by atoms with Gasteiger partial charge in [-0.15, -0.1) is 0 Å². The molecule has 138 valence electrons. The van der Waals surface area contributed by atoms with Crippen molar-refractivity contribution in [1.29, 1.82) is 0 Å². The lowest BCUT2D eigenvalue weighted by Gasteiger charge is -2.23. The van der Waals surface area contributed by atoms with Crippen LogP contribution in [-0.4, -0.2) is 23.7 Å². The number of benzene rings is 2. The lowest BCUT2D eigenvalue weighted by Crippen LogP contribution is -2.35. The number of esters is 1. The summed E-state index contributed by atoms with van der Waals surface area (Å²) in [5, 5.41) is 9.80. The van der Waals surface area contributed by atoms with Gasteiger partial charge >= 0.3 is 11.9 Å². The fraction of sp³-hybridized carbons (Fsp3) is 0.364. The van der Waals surface area contributed by atoms with Crippen LogP contribution in [0.15, 0.2) is 60.7 Å². The maximum absolute atomic E-state index is 12.7. The van der Waals surface area contributed by atoms with E-state index in [-0.39, 0.29) is 5.92 Å². The Morgan fingerprint density at radius 1 is 0.846 bits per heavy atom. The lowest BCUT2D eigenvalue weighted by atomic mass is 9.82. The summed E-state index contributed by atoms with van der Waals surface area (Å²) >= 11 is 0. The molecule has 26 heavy (non-hydrogen) atoms. The number of rotatable bonds is 9. The quantitative estimate of drug-likeness (QED) is 0.692. The maximum Gasteiger partial charge on any atom is 0.310 e. The van der Waals surface area contributed by atoms with Crippen molar-refractivity contribution in [3.8, 4) is 0 Å². The number of carbonyl (C=O) groups excluding carboxylic acids is 1. The molecule has 0 aliphatic heterocycles. The molecular formula is C22H26O4. The number of hydrogen-bond acceptors (Lipinski definition) is 3. The lowest BCUT2D eigenvalue weighted by molar-refractivity contribution is -0.158. The molecule has 0 unspecified atom stereocenters. The Morgan fingerprint density at radius 2 is 1.31 bits per heavy atom. The summed E-state index contributed by atoms with van der Waals surface area (Å²) in [6.45, 7) is 4.21. The van der Waals surface area contributed by atoms with E-state index in [1.165, 1.54) is 0 Å². The fourth-order valence-electron chi connectivity index (χ4n) is 2.88. The summed E-state index contributed by atoms with van der Waals surface area (Å²) in [5.74, 6) is -2.78. The van der Waals surface area contributed by atoms with Crippen LogP contribution in [0.2, 0.25) is 0 Å². The van der Waals surface area contributed by atoms with Crippen LogP contribution in [0, 0.1) is 17.8 Å². The van der Waals surface area contributed by atoms with E-state index in [9.17, 15) is 14.7 Å². The minimum absolute atomic E-state index is 0.203. The van der Waals surface area contributed by atoms with E-state index in [4.69, 9.17) is 4.74 Å². The SMILES string of the molecule is CC(C)COC(=O)[C@H](Cc1ccccc1)[C@H](Cc1ccccc1)C(=O)O. The summed E-state index contributed by atoms with van der Waals surface area (Å²) in [6, 6.07) is 18.9. The molecule has 0 saturated heterocycles.